The second kappa shape index (κ2) is 10.3. The summed E-state index contributed by atoms with van der Waals surface area (Å²) in [5.41, 5.74) is 3.77. The molecule has 35 heavy (non-hydrogen) atoms. The van der Waals surface area contributed by atoms with Gasteiger partial charge in [-0.2, -0.15) is 0 Å². The first-order valence-electron chi connectivity index (χ1n) is 12.2. The summed E-state index contributed by atoms with van der Waals surface area (Å²) in [6.07, 6.45) is 3.08. The van der Waals surface area contributed by atoms with Gasteiger partial charge in [-0.3, -0.25) is 19.8 Å². The molecule has 1 saturated carbocycles. The standard InChI is InChI=1S/C27H30N4O4/c32-26(29-34)24-17-21(35-22-9-8-19-5-4-12-28-25(19)18-22)10-11-23(24)27(33)31-15-13-30(14-16-31)20-6-2-1-3-7-20/h1-9,12,18,21,23-24,34H,10-11,13-17H2,(H,29,32)/t21-,23-,24-/m1/s1. The fourth-order valence-corrected chi connectivity index (χ4v) is 5.28. The summed E-state index contributed by atoms with van der Waals surface area (Å²) in [5.74, 6) is -0.967. The molecule has 182 valence electrons. The van der Waals surface area contributed by atoms with E-state index in [9.17, 15) is 14.8 Å². The molecule has 2 amide bonds. The number of aromatic nitrogens is 1. The predicted octanol–water partition coefficient (Wildman–Crippen LogP) is 3.25. The van der Waals surface area contributed by atoms with Crippen LogP contribution in [-0.2, 0) is 9.59 Å². The number of fused-ring (bicyclic) bond motifs is 1. The summed E-state index contributed by atoms with van der Waals surface area (Å²) in [7, 11) is 0. The van der Waals surface area contributed by atoms with Crippen LogP contribution in [0.3, 0.4) is 0 Å². The Balaban J connectivity index is 1.23. The maximum Gasteiger partial charge on any atom is 0.247 e. The van der Waals surface area contributed by atoms with Gasteiger partial charge in [0.05, 0.1) is 23.5 Å². The molecule has 5 rings (SSSR count). The number of para-hydroxylation sites is 1. The largest absolute Gasteiger partial charge is 0.490 e. The number of hydrogen-bond acceptors (Lipinski definition) is 6. The first kappa shape index (κ1) is 23.1. The van der Waals surface area contributed by atoms with Crippen molar-refractivity contribution < 1.29 is 19.5 Å². The van der Waals surface area contributed by atoms with Crippen LogP contribution in [0.15, 0.2) is 66.9 Å². The molecule has 3 atom stereocenters. The monoisotopic (exact) mass is 474 g/mol. The second-order valence-corrected chi connectivity index (χ2v) is 9.25. The van der Waals surface area contributed by atoms with E-state index in [0.29, 0.717) is 38.1 Å². The van der Waals surface area contributed by atoms with Crippen molar-refractivity contribution in [1.82, 2.24) is 15.4 Å². The summed E-state index contributed by atoms with van der Waals surface area (Å²) >= 11 is 0. The molecule has 0 radical (unpaired) electrons. The number of anilines is 1. The van der Waals surface area contributed by atoms with Gasteiger partial charge in [0.1, 0.15) is 5.75 Å². The molecule has 2 heterocycles. The van der Waals surface area contributed by atoms with E-state index in [4.69, 9.17) is 4.74 Å². The number of rotatable bonds is 5. The molecule has 3 aromatic rings. The van der Waals surface area contributed by atoms with Crippen LogP contribution >= 0.6 is 0 Å². The summed E-state index contributed by atoms with van der Waals surface area (Å²) in [4.78, 5) is 34.5. The lowest BCUT2D eigenvalue weighted by Crippen LogP contribution is -2.53. The lowest BCUT2D eigenvalue weighted by atomic mass is 9.76. The summed E-state index contributed by atoms with van der Waals surface area (Å²) in [6.45, 7) is 2.73. The summed E-state index contributed by atoms with van der Waals surface area (Å²) in [5, 5.41) is 10.4. The van der Waals surface area contributed by atoms with E-state index in [1.807, 2.05) is 53.4 Å². The van der Waals surface area contributed by atoms with Crippen molar-refractivity contribution in [2.75, 3.05) is 31.1 Å². The number of nitrogens with zero attached hydrogens (tertiary/aromatic N) is 3. The molecular weight excluding hydrogens is 444 g/mol. The Morgan fingerprint density at radius 3 is 2.51 bits per heavy atom. The Kier molecular flexibility index (Phi) is 6.81. The van der Waals surface area contributed by atoms with Crippen molar-refractivity contribution in [2.45, 2.75) is 25.4 Å². The van der Waals surface area contributed by atoms with Crippen molar-refractivity contribution in [3.63, 3.8) is 0 Å². The molecule has 0 unspecified atom stereocenters. The van der Waals surface area contributed by atoms with Crippen LogP contribution in [0.1, 0.15) is 19.3 Å². The van der Waals surface area contributed by atoms with E-state index in [0.717, 1.165) is 29.7 Å². The number of hydrogen-bond donors (Lipinski definition) is 2. The number of carbonyl (C=O) groups is 2. The number of carbonyl (C=O) groups excluding carboxylic acids is 2. The Bertz CT molecular complexity index is 1180. The van der Waals surface area contributed by atoms with Gasteiger partial charge in [0.15, 0.2) is 0 Å². The molecule has 1 aliphatic carbocycles. The molecule has 0 spiro atoms. The van der Waals surface area contributed by atoms with E-state index in [-0.39, 0.29) is 12.0 Å². The smallest absolute Gasteiger partial charge is 0.247 e. The van der Waals surface area contributed by atoms with Crippen molar-refractivity contribution in [3.05, 3.63) is 66.9 Å². The average Bonchev–Trinajstić information content (AvgIpc) is 2.92. The van der Waals surface area contributed by atoms with E-state index in [1.54, 1.807) is 11.7 Å². The third-order valence-electron chi connectivity index (χ3n) is 7.16. The number of benzene rings is 2. The summed E-state index contributed by atoms with van der Waals surface area (Å²) in [6, 6.07) is 19.8. The topological polar surface area (TPSA) is 95.0 Å². The van der Waals surface area contributed by atoms with Crippen LogP contribution < -0.4 is 15.1 Å². The highest BCUT2D eigenvalue weighted by atomic mass is 16.5. The van der Waals surface area contributed by atoms with Gasteiger partial charge in [0, 0.05) is 49.5 Å². The molecule has 2 aliphatic rings. The van der Waals surface area contributed by atoms with Gasteiger partial charge in [0.2, 0.25) is 11.8 Å². The molecule has 1 saturated heterocycles. The maximum absolute atomic E-state index is 13.4. The number of ether oxygens (including phenoxy) is 1. The van der Waals surface area contributed by atoms with Crippen molar-refractivity contribution in [1.29, 1.82) is 0 Å². The quantitative estimate of drug-likeness (QED) is 0.436. The van der Waals surface area contributed by atoms with E-state index < -0.39 is 17.7 Å². The molecule has 1 aliphatic heterocycles. The minimum absolute atomic E-state index is 0.0142. The zero-order valence-electron chi connectivity index (χ0n) is 19.5. The summed E-state index contributed by atoms with van der Waals surface area (Å²) < 4.78 is 6.19. The predicted molar refractivity (Wildman–Crippen MR) is 132 cm³/mol. The first-order valence-corrected chi connectivity index (χ1v) is 12.2. The molecule has 8 heteroatoms. The van der Waals surface area contributed by atoms with Gasteiger partial charge < -0.3 is 14.5 Å². The molecule has 2 N–H and O–H groups in total. The maximum atomic E-state index is 13.4. The number of hydroxylamine groups is 1. The SMILES string of the molecule is O=C(NO)[C@@H]1C[C@H](Oc2ccc3cccnc3c2)CC[C@H]1C(=O)N1CCN(c2ccccc2)CC1. The molecule has 2 aromatic carbocycles. The minimum atomic E-state index is -0.642. The fraction of sp³-hybridized carbons (Fsp3) is 0.370. The zero-order valence-corrected chi connectivity index (χ0v) is 19.5. The second-order valence-electron chi connectivity index (χ2n) is 9.25. The van der Waals surface area contributed by atoms with E-state index in [2.05, 4.69) is 22.0 Å². The molecule has 0 bridgehead atoms. The van der Waals surface area contributed by atoms with Gasteiger partial charge in [-0.1, -0.05) is 24.3 Å². The van der Waals surface area contributed by atoms with Crippen LogP contribution in [0, 0.1) is 11.8 Å². The van der Waals surface area contributed by atoms with Crippen molar-refractivity contribution >= 4 is 28.4 Å². The molecule has 1 aromatic heterocycles. The van der Waals surface area contributed by atoms with Gasteiger partial charge in [-0.15, -0.1) is 0 Å². The molecule has 8 nitrogen and oxygen atoms in total. The highest BCUT2D eigenvalue weighted by Crippen LogP contribution is 2.35. The van der Waals surface area contributed by atoms with E-state index >= 15 is 0 Å². The average molecular weight is 475 g/mol. The van der Waals surface area contributed by atoms with Crippen LogP contribution in [0.25, 0.3) is 10.9 Å². The van der Waals surface area contributed by atoms with Gasteiger partial charge in [-0.25, -0.2) is 5.48 Å². The number of nitrogens with one attached hydrogen (secondary N) is 1. The zero-order chi connectivity index (χ0) is 24.2. The van der Waals surface area contributed by atoms with Crippen LogP contribution in [0.4, 0.5) is 5.69 Å². The van der Waals surface area contributed by atoms with Gasteiger partial charge in [0.25, 0.3) is 0 Å². The van der Waals surface area contributed by atoms with Crippen LogP contribution in [0.5, 0.6) is 5.75 Å². The lowest BCUT2D eigenvalue weighted by molar-refractivity contribution is -0.148. The van der Waals surface area contributed by atoms with Gasteiger partial charge in [-0.05, 0) is 49.6 Å². The Morgan fingerprint density at radius 2 is 1.74 bits per heavy atom. The van der Waals surface area contributed by atoms with Crippen LogP contribution in [0.2, 0.25) is 0 Å². The third-order valence-corrected chi connectivity index (χ3v) is 7.16. The third kappa shape index (κ3) is 5.07. The Labute approximate surface area is 204 Å². The number of amides is 2. The van der Waals surface area contributed by atoms with E-state index in [1.165, 1.54) is 0 Å². The minimum Gasteiger partial charge on any atom is -0.490 e. The number of pyridine rings is 1. The van der Waals surface area contributed by atoms with Crippen molar-refractivity contribution in [3.8, 4) is 5.75 Å². The highest BCUT2D eigenvalue weighted by Gasteiger charge is 2.42. The molecular formula is C27H30N4O4. The first-order chi connectivity index (χ1) is 17.1. The highest BCUT2D eigenvalue weighted by molar-refractivity contribution is 5.87. The van der Waals surface area contributed by atoms with Gasteiger partial charge >= 0.3 is 0 Å². The number of piperazine rings is 1. The lowest BCUT2D eigenvalue weighted by Gasteiger charge is -2.40. The Morgan fingerprint density at radius 1 is 0.943 bits per heavy atom. The Hall–Kier alpha value is -3.65. The van der Waals surface area contributed by atoms with Crippen molar-refractivity contribution in [2.24, 2.45) is 11.8 Å². The normalized spacial score (nSPS) is 22.6. The fourth-order valence-electron chi connectivity index (χ4n) is 5.28. The van der Waals surface area contributed by atoms with Crippen LogP contribution in [-0.4, -0.2) is 59.2 Å². The molecule has 2 fully saturated rings.